The van der Waals surface area contributed by atoms with Crippen molar-refractivity contribution in [2.45, 2.75) is 26.3 Å². The number of nitrogens with one attached hydrogen (secondary N) is 1. The molecule has 4 N–H and O–H groups in total. The molecule has 1 aliphatic carbocycles. The number of halogens is 1. The Morgan fingerprint density at radius 2 is 2.42 bits per heavy atom. The number of hydrogen-bond acceptors (Lipinski definition) is 4. The Morgan fingerprint density at radius 1 is 1.74 bits per heavy atom. The van der Waals surface area contributed by atoms with Crippen LogP contribution in [0.3, 0.4) is 0 Å². The van der Waals surface area contributed by atoms with Crippen LogP contribution in [-0.4, -0.2) is 17.0 Å². The quantitative estimate of drug-likeness (QED) is 0.338. The highest BCUT2D eigenvalue weighted by Gasteiger charge is 2.52. The number of nitrogens with two attached hydrogens (primary N) is 1. The van der Waals surface area contributed by atoms with Gasteiger partial charge in [0.1, 0.15) is 5.41 Å². The second-order valence-corrected chi connectivity index (χ2v) is 6.91. The zero-order chi connectivity index (χ0) is 14.0. The molecule has 0 aromatic carbocycles. The minimum absolute atomic E-state index is 0.00969. The van der Waals surface area contributed by atoms with Crippen LogP contribution in [0.15, 0.2) is 21.1 Å². The molecule has 1 amide bonds. The third-order valence-corrected chi connectivity index (χ3v) is 5.17. The van der Waals surface area contributed by atoms with Crippen molar-refractivity contribution >= 4 is 39.0 Å². The highest BCUT2D eigenvalue weighted by molar-refractivity contribution is 9.10. The predicted octanol–water partition coefficient (Wildman–Crippen LogP) is 2.29. The highest BCUT2D eigenvalue weighted by atomic mass is 79.9. The molecule has 2 rings (SSSR count). The van der Waals surface area contributed by atoms with Gasteiger partial charge in [-0.15, -0.1) is 11.3 Å². The molecule has 0 unspecified atom stereocenters. The predicted molar refractivity (Wildman–Crippen MR) is 78.1 cm³/mol. The van der Waals surface area contributed by atoms with E-state index in [0.29, 0.717) is 25.3 Å². The Labute approximate surface area is 124 Å². The van der Waals surface area contributed by atoms with E-state index in [9.17, 15) is 4.79 Å². The molecule has 19 heavy (non-hydrogen) atoms. The zero-order valence-electron chi connectivity index (χ0n) is 10.5. The number of hydrogen-bond donors (Lipinski definition) is 3. The number of rotatable bonds is 4. The summed E-state index contributed by atoms with van der Waals surface area (Å²) in [7, 11) is 0. The Balaban J connectivity index is 2.01. The maximum atomic E-state index is 12.3. The zero-order valence-corrected chi connectivity index (χ0v) is 12.9. The van der Waals surface area contributed by atoms with E-state index in [1.807, 2.05) is 18.4 Å². The highest BCUT2D eigenvalue weighted by Crippen LogP contribution is 2.45. The summed E-state index contributed by atoms with van der Waals surface area (Å²) in [5, 5.41) is 16.7. The monoisotopic (exact) mass is 345 g/mol. The fraction of sp³-hybridized carbons (Fsp3) is 0.500. The average molecular weight is 346 g/mol. The molecule has 1 aromatic heterocycles. The molecule has 1 aliphatic rings. The molecular weight excluding hydrogens is 330 g/mol. The topological polar surface area (TPSA) is 87.7 Å². The van der Waals surface area contributed by atoms with Gasteiger partial charge in [-0.05, 0) is 40.8 Å². The number of nitrogens with zero attached hydrogens (tertiary/aromatic N) is 1. The van der Waals surface area contributed by atoms with E-state index in [2.05, 4.69) is 26.4 Å². The van der Waals surface area contributed by atoms with Crippen molar-refractivity contribution < 1.29 is 10.0 Å². The molecule has 1 aromatic rings. The lowest BCUT2D eigenvalue weighted by Crippen LogP contribution is -2.56. The fourth-order valence-electron chi connectivity index (χ4n) is 2.52. The van der Waals surface area contributed by atoms with E-state index in [4.69, 9.17) is 10.9 Å². The Kier molecular flexibility index (Phi) is 4.15. The smallest absolute Gasteiger partial charge is 0.234 e. The molecule has 0 spiro atoms. The van der Waals surface area contributed by atoms with Gasteiger partial charge < -0.3 is 16.3 Å². The van der Waals surface area contributed by atoms with Crippen molar-refractivity contribution in [3.05, 3.63) is 20.8 Å². The summed E-state index contributed by atoms with van der Waals surface area (Å²) < 4.78 is 1.00. The SMILES string of the molecule is CC1CC(C(=O)NCc2cc(Br)cs2)(C(N)=NO)C1. The fourth-order valence-corrected chi connectivity index (χ4v) is 3.91. The van der Waals surface area contributed by atoms with Crippen LogP contribution in [0, 0.1) is 11.3 Å². The van der Waals surface area contributed by atoms with Crippen molar-refractivity contribution in [3.8, 4) is 0 Å². The van der Waals surface area contributed by atoms with Crippen LogP contribution in [0.4, 0.5) is 0 Å². The first-order valence-corrected chi connectivity index (χ1v) is 7.64. The number of amidine groups is 1. The Hall–Kier alpha value is -1.08. The lowest BCUT2D eigenvalue weighted by Gasteiger charge is -2.43. The van der Waals surface area contributed by atoms with Gasteiger partial charge in [-0.3, -0.25) is 4.79 Å². The second-order valence-electron chi connectivity index (χ2n) is 4.99. The molecule has 0 atom stereocenters. The molecule has 0 bridgehead atoms. The Bertz CT molecular complexity index is 509. The van der Waals surface area contributed by atoms with E-state index in [-0.39, 0.29) is 11.7 Å². The van der Waals surface area contributed by atoms with Gasteiger partial charge in [-0.25, -0.2) is 0 Å². The van der Waals surface area contributed by atoms with Gasteiger partial charge in [0.05, 0.1) is 6.54 Å². The summed E-state index contributed by atoms with van der Waals surface area (Å²) >= 11 is 4.94. The molecule has 5 nitrogen and oxygen atoms in total. The van der Waals surface area contributed by atoms with Gasteiger partial charge in [0.2, 0.25) is 5.91 Å². The van der Waals surface area contributed by atoms with Gasteiger partial charge in [0.25, 0.3) is 0 Å². The summed E-state index contributed by atoms with van der Waals surface area (Å²) in [5.41, 5.74) is 4.85. The van der Waals surface area contributed by atoms with Crippen molar-refractivity contribution in [2.24, 2.45) is 22.2 Å². The summed E-state index contributed by atoms with van der Waals surface area (Å²) in [4.78, 5) is 13.3. The first-order chi connectivity index (χ1) is 8.98. The Morgan fingerprint density at radius 3 is 2.89 bits per heavy atom. The van der Waals surface area contributed by atoms with Crippen LogP contribution in [-0.2, 0) is 11.3 Å². The van der Waals surface area contributed by atoms with E-state index in [0.717, 1.165) is 9.35 Å². The molecule has 0 saturated heterocycles. The summed E-state index contributed by atoms with van der Waals surface area (Å²) in [6.07, 6.45) is 1.26. The summed E-state index contributed by atoms with van der Waals surface area (Å²) in [5.74, 6) is 0.266. The van der Waals surface area contributed by atoms with E-state index in [1.165, 1.54) is 0 Å². The van der Waals surface area contributed by atoms with Crippen molar-refractivity contribution in [3.63, 3.8) is 0 Å². The average Bonchev–Trinajstić information content (AvgIpc) is 2.76. The van der Waals surface area contributed by atoms with Gasteiger partial charge in [-0.2, -0.15) is 0 Å². The molecule has 0 aliphatic heterocycles. The normalized spacial score (nSPS) is 26.8. The largest absolute Gasteiger partial charge is 0.409 e. The van der Waals surface area contributed by atoms with E-state index >= 15 is 0 Å². The first kappa shape index (κ1) is 14.3. The molecule has 7 heteroatoms. The van der Waals surface area contributed by atoms with Gasteiger partial charge in [0, 0.05) is 14.7 Å². The molecule has 0 radical (unpaired) electrons. The van der Waals surface area contributed by atoms with Crippen LogP contribution < -0.4 is 11.1 Å². The second kappa shape index (κ2) is 5.50. The minimum atomic E-state index is -0.831. The van der Waals surface area contributed by atoms with Gasteiger partial charge in [-0.1, -0.05) is 12.1 Å². The van der Waals surface area contributed by atoms with Crippen LogP contribution in [0.2, 0.25) is 0 Å². The third kappa shape index (κ3) is 2.76. The maximum absolute atomic E-state index is 12.3. The number of carbonyl (C=O) groups is 1. The number of carbonyl (C=O) groups excluding carboxylic acids is 1. The number of thiophene rings is 1. The van der Waals surface area contributed by atoms with E-state index in [1.54, 1.807) is 11.3 Å². The van der Waals surface area contributed by atoms with Gasteiger partial charge >= 0.3 is 0 Å². The standard InChI is InChI=1S/C12H16BrN3O2S/c1-7-3-12(4-7,10(14)16-18)11(17)15-5-9-2-8(13)6-19-9/h2,6-7,18H,3-5H2,1H3,(H2,14,16)(H,15,17). The summed E-state index contributed by atoms with van der Waals surface area (Å²) in [6.45, 7) is 2.51. The lowest BCUT2D eigenvalue weighted by molar-refractivity contribution is -0.133. The van der Waals surface area contributed by atoms with Crippen molar-refractivity contribution in [2.75, 3.05) is 0 Å². The first-order valence-electron chi connectivity index (χ1n) is 5.97. The van der Waals surface area contributed by atoms with Gasteiger partial charge in [0.15, 0.2) is 5.84 Å². The molecule has 104 valence electrons. The number of amides is 1. The van der Waals surface area contributed by atoms with Crippen LogP contribution in [0.1, 0.15) is 24.6 Å². The summed E-state index contributed by atoms with van der Waals surface area (Å²) in [6, 6.07) is 1.96. The minimum Gasteiger partial charge on any atom is -0.409 e. The number of oxime groups is 1. The third-order valence-electron chi connectivity index (χ3n) is 3.47. The molecule has 1 heterocycles. The molecule has 1 fully saturated rings. The van der Waals surface area contributed by atoms with Crippen molar-refractivity contribution in [1.29, 1.82) is 0 Å². The molecular formula is C12H16BrN3O2S. The van der Waals surface area contributed by atoms with Crippen LogP contribution >= 0.6 is 27.3 Å². The van der Waals surface area contributed by atoms with Crippen molar-refractivity contribution in [1.82, 2.24) is 5.32 Å². The molecule has 1 saturated carbocycles. The van der Waals surface area contributed by atoms with Crippen LogP contribution in [0.5, 0.6) is 0 Å². The lowest BCUT2D eigenvalue weighted by atomic mass is 9.61. The van der Waals surface area contributed by atoms with E-state index < -0.39 is 5.41 Å². The van der Waals surface area contributed by atoms with Crippen LogP contribution in [0.25, 0.3) is 0 Å². The maximum Gasteiger partial charge on any atom is 0.234 e.